The molecule has 0 aliphatic carbocycles. The fraction of sp³-hybridized carbons (Fsp3) is 0.429. The summed E-state index contributed by atoms with van der Waals surface area (Å²) in [6, 6.07) is 0. The number of aromatic nitrogens is 1. The van der Waals surface area contributed by atoms with E-state index in [-0.39, 0.29) is 18.9 Å². The predicted molar refractivity (Wildman–Crippen MR) is 81.5 cm³/mol. The van der Waals surface area contributed by atoms with Gasteiger partial charge >= 0.3 is 11.6 Å². The van der Waals surface area contributed by atoms with Crippen molar-refractivity contribution in [3.63, 3.8) is 0 Å². The topological polar surface area (TPSA) is 110 Å². The van der Waals surface area contributed by atoms with Crippen LogP contribution in [-0.4, -0.2) is 28.5 Å². The van der Waals surface area contributed by atoms with E-state index in [0.29, 0.717) is 39.4 Å². The molecule has 0 aliphatic rings. The van der Waals surface area contributed by atoms with Crippen molar-refractivity contribution in [2.45, 2.75) is 33.1 Å². The van der Waals surface area contributed by atoms with Crippen molar-refractivity contribution in [3.05, 3.63) is 26.8 Å². The average molecular weight is 324 g/mol. The highest BCUT2D eigenvalue weighted by Gasteiger charge is 2.19. The lowest BCUT2D eigenvalue weighted by Crippen LogP contribution is -2.24. The summed E-state index contributed by atoms with van der Waals surface area (Å²) in [6.45, 7) is 3.77. The Morgan fingerprint density at radius 3 is 2.77 bits per heavy atom. The van der Waals surface area contributed by atoms with Crippen LogP contribution in [0.3, 0.4) is 0 Å². The fourth-order valence-corrected chi connectivity index (χ4v) is 3.10. The van der Waals surface area contributed by atoms with Gasteiger partial charge in [0.1, 0.15) is 10.2 Å². The molecule has 0 saturated carbocycles. The highest BCUT2D eigenvalue weighted by atomic mass is 32.1. The molecule has 0 aliphatic heterocycles. The van der Waals surface area contributed by atoms with E-state index in [4.69, 9.17) is 9.52 Å². The van der Waals surface area contributed by atoms with E-state index >= 15 is 0 Å². The normalized spacial score (nSPS) is 10.8. The minimum atomic E-state index is -0.902. The number of fused-ring (bicyclic) bond motifs is 1. The smallest absolute Gasteiger partial charge is 0.348 e. The summed E-state index contributed by atoms with van der Waals surface area (Å²) in [5.74, 6) is -0.892. The van der Waals surface area contributed by atoms with Crippen molar-refractivity contribution in [2.24, 2.45) is 0 Å². The molecule has 7 nitrogen and oxygen atoms in total. The quantitative estimate of drug-likeness (QED) is 0.783. The van der Waals surface area contributed by atoms with E-state index in [1.807, 2.05) is 6.92 Å². The van der Waals surface area contributed by atoms with E-state index in [1.54, 1.807) is 6.92 Å². The van der Waals surface area contributed by atoms with E-state index in [2.05, 4.69) is 10.3 Å². The van der Waals surface area contributed by atoms with Gasteiger partial charge in [-0.2, -0.15) is 0 Å². The predicted octanol–water partition coefficient (Wildman–Crippen LogP) is 1.71. The monoisotopic (exact) mass is 324 g/mol. The van der Waals surface area contributed by atoms with Gasteiger partial charge in [0.15, 0.2) is 5.89 Å². The molecule has 0 saturated heterocycles. The Labute approximate surface area is 130 Å². The Hall–Kier alpha value is -2.22. The van der Waals surface area contributed by atoms with Gasteiger partial charge in [-0.25, -0.2) is 9.78 Å². The second kappa shape index (κ2) is 6.69. The maximum atomic E-state index is 12.1. The van der Waals surface area contributed by atoms with Crippen LogP contribution in [0.2, 0.25) is 0 Å². The average Bonchev–Trinajstić information content (AvgIpc) is 2.80. The molecule has 1 amide bonds. The van der Waals surface area contributed by atoms with Crippen molar-refractivity contribution < 1.29 is 19.1 Å². The summed E-state index contributed by atoms with van der Waals surface area (Å²) in [5.41, 5.74) is 0.0557. The van der Waals surface area contributed by atoms with Crippen molar-refractivity contribution in [1.82, 2.24) is 10.3 Å². The summed E-state index contributed by atoms with van der Waals surface area (Å²) in [7, 11) is 0. The van der Waals surface area contributed by atoms with Crippen molar-refractivity contribution >= 4 is 33.4 Å². The standard InChI is InChI=1S/C14H16N2O5S/c1-3-8-16-13-10(14(20)21-8)7(2)11(22-13)12(19)15-6-4-5-9(17)18/h3-6H2,1-2H3,(H,15,19)(H,17,18). The molecule has 0 aromatic carbocycles. The van der Waals surface area contributed by atoms with Crippen LogP contribution in [0, 0.1) is 6.92 Å². The molecule has 8 heteroatoms. The lowest BCUT2D eigenvalue weighted by molar-refractivity contribution is -0.137. The van der Waals surface area contributed by atoms with E-state index in [1.165, 1.54) is 0 Å². The number of carboxylic acids is 1. The molecule has 2 heterocycles. The number of rotatable bonds is 6. The van der Waals surface area contributed by atoms with Gasteiger partial charge in [0.05, 0.1) is 4.88 Å². The first kappa shape index (κ1) is 16.2. The molecule has 0 spiro atoms. The number of carbonyl (C=O) groups excluding carboxylic acids is 1. The molecule has 2 aromatic rings. The van der Waals surface area contributed by atoms with Crippen molar-refractivity contribution in [1.29, 1.82) is 0 Å². The third kappa shape index (κ3) is 3.33. The van der Waals surface area contributed by atoms with Gasteiger partial charge in [-0.3, -0.25) is 9.59 Å². The van der Waals surface area contributed by atoms with E-state index in [9.17, 15) is 14.4 Å². The van der Waals surface area contributed by atoms with Gasteiger partial charge in [0, 0.05) is 19.4 Å². The third-order valence-electron chi connectivity index (χ3n) is 3.13. The molecule has 0 fully saturated rings. The Morgan fingerprint density at radius 2 is 2.14 bits per heavy atom. The van der Waals surface area contributed by atoms with Gasteiger partial charge in [0.2, 0.25) is 0 Å². The van der Waals surface area contributed by atoms with Gasteiger partial charge < -0.3 is 14.8 Å². The Balaban J connectivity index is 2.23. The van der Waals surface area contributed by atoms with Gasteiger partial charge in [0.25, 0.3) is 5.91 Å². The molecule has 0 unspecified atom stereocenters. The van der Waals surface area contributed by atoms with Gasteiger partial charge in [-0.05, 0) is 18.9 Å². The molecule has 2 aromatic heterocycles. The molecular weight excluding hydrogens is 308 g/mol. The van der Waals surface area contributed by atoms with Gasteiger partial charge in [-0.1, -0.05) is 6.92 Å². The number of amides is 1. The summed E-state index contributed by atoms with van der Waals surface area (Å²) in [5, 5.41) is 11.5. The van der Waals surface area contributed by atoms with Crippen LogP contribution in [-0.2, 0) is 11.2 Å². The minimum absolute atomic E-state index is 0.00329. The zero-order valence-corrected chi connectivity index (χ0v) is 13.1. The molecule has 0 radical (unpaired) electrons. The zero-order valence-electron chi connectivity index (χ0n) is 12.3. The van der Waals surface area contributed by atoms with Crippen LogP contribution >= 0.6 is 11.3 Å². The molecule has 2 N–H and O–H groups in total. The molecule has 0 bridgehead atoms. The fourth-order valence-electron chi connectivity index (χ4n) is 2.00. The number of hydrogen-bond donors (Lipinski definition) is 2. The van der Waals surface area contributed by atoms with E-state index < -0.39 is 11.6 Å². The minimum Gasteiger partial charge on any atom is -0.481 e. The van der Waals surface area contributed by atoms with Crippen LogP contribution in [0.1, 0.15) is 40.9 Å². The van der Waals surface area contributed by atoms with Crippen LogP contribution < -0.4 is 10.9 Å². The second-order valence-corrected chi connectivity index (χ2v) is 5.74. The number of nitrogens with zero attached hydrogens (tertiary/aromatic N) is 1. The number of nitrogens with one attached hydrogen (secondary N) is 1. The lowest BCUT2D eigenvalue weighted by atomic mass is 10.2. The number of hydrogen-bond acceptors (Lipinski definition) is 6. The Morgan fingerprint density at radius 1 is 1.41 bits per heavy atom. The number of aryl methyl sites for hydroxylation is 2. The summed E-state index contributed by atoms with van der Waals surface area (Å²) in [6.07, 6.45) is 0.848. The molecular formula is C14H16N2O5S. The highest BCUT2D eigenvalue weighted by molar-refractivity contribution is 7.20. The maximum Gasteiger partial charge on any atom is 0.348 e. The number of thiophene rings is 1. The third-order valence-corrected chi connectivity index (χ3v) is 4.32. The zero-order chi connectivity index (χ0) is 16.3. The number of carboxylic acid groups (broad SMARTS) is 1. The first-order valence-electron chi connectivity index (χ1n) is 6.87. The van der Waals surface area contributed by atoms with Crippen LogP contribution in [0.25, 0.3) is 10.2 Å². The number of carbonyl (C=O) groups is 2. The van der Waals surface area contributed by atoms with Crippen LogP contribution in [0.4, 0.5) is 0 Å². The summed E-state index contributed by atoms with van der Waals surface area (Å²) in [4.78, 5) is 39.6. The largest absolute Gasteiger partial charge is 0.481 e. The molecule has 0 atom stereocenters. The SMILES string of the molecule is CCc1nc2sc(C(=O)NCCCC(=O)O)c(C)c2c(=O)o1. The van der Waals surface area contributed by atoms with Crippen LogP contribution in [0.15, 0.2) is 9.21 Å². The Kier molecular flexibility index (Phi) is 4.92. The lowest BCUT2D eigenvalue weighted by Gasteiger charge is -2.02. The summed E-state index contributed by atoms with van der Waals surface area (Å²) < 4.78 is 5.08. The molecule has 2 rings (SSSR count). The first-order valence-corrected chi connectivity index (χ1v) is 7.68. The number of aliphatic carboxylic acids is 1. The highest BCUT2D eigenvalue weighted by Crippen LogP contribution is 2.27. The Bertz CT molecular complexity index is 777. The second-order valence-electron chi connectivity index (χ2n) is 4.74. The van der Waals surface area contributed by atoms with Crippen molar-refractivity contribution in [3.8, 4) is 0 Å². The van der Waals surface area contributed by atoms with E-state index in [0.717, 1.165) is 11.3 Å². The van der Waals surface area contributed by atoms with Crippen LogP contribution in [0.5, 0.6) is 0 Å². The molecule has 22 heavy (non-hydrogen) atoms. The van der Waals surface area contributed by atoms with Crippen molar-refractivity contribution in [2.75, 3.05) is 6.54 Å². The summed E-state index contributed by atoms with van der Waals surface area (Å²) >= 11 is 1.14. The maximum absolute atomic E-state index is 12.1. The first-order chi connectivity index (χ1) is 10.4. The molecule has 118 valence electrons. The van der Waals surface area contributed by atoms with Gasteiger partial charge in [-0.15, -0.1) is 11.3 Å².